The number of carbonyl (C=O) groups is 1. The van der Waals surface area contributed by atoms with E-state index in [9.17, 15) is 13.2 Å². The second kappa shape index (κ2) is 8.27. The van der Waals surface area contributed by atoms with Crippen molar-refractivity contribution in [3.8, 4) is 0 Å². The molecule has 1 amide bonds. The number of amides is 1. The maximum absolute atomic E-state index is 12.9. The normalized spacial score (nSPS) is 11.7. The van der Waals surface area contributed by atoms with Gasteiger partial charge in [-0.2, -0.15) is 4.31 Å². The van der Waals surface area contributed by atoms with E-state index in [4.69, 9.17) is 0 Å². The summed E-state index contributed by atoms with van der Waals surface area (Å²) >= 11 is 0. The van der Waals surface area contributed by atoms with Crippen molar-refractivity contribution in [2.24, 2.45) is 0 Å². The van der Waals surface area contributed by atoms with E-state index < -0.39 is 10.0 Å². The van der Waals surface area contributed by atoms with Crippen LogP contribution < -0.4 is 4.90 Å². The second-order valence-corrected chi connectivity index (χ2v) is 8.14. The Kier molecular flexibility index (Phi) is 6.33. The standard InChI is InChI=1S/C19H24N2O3S/c1-16(2)21(25(3,23)24)15-19(22)20(18-12-8-5-9-13-18)14-17-10-6-4-7-11-17/h4-13,16H,14-15H2,1-3H3. The molecule has 0 atom stereocenters. The van der Waals surface area contributed by atoms with Gasteiger partial charge in [-0.3, -0.25) is 4.79 Å². The van der Waals surface area contributed by atoms with Crippen LogP contribution >= 0.6 is 0 Å². The number of nitrogens with zero attached hydrogens (tertiary/aromatic N) is 2. The minimum absolute atomic E-state index is 0.182. The lowest BCUT2D eigenvalue weighted by molar-refractivity contribution is -0.119. The van der Waals surface area contributed by atoms with E-state index in [2.05, 4.69) is 0 Å². The van der Waals surface area contributed by atoms with Gasteiger partial charge < -0.3 is 4.90 Å². The fourth-order valence-corrected chi connectivity index (χ4v) is 3.71. The van der Waals surface area contributed by atoms with E-state index in [-0.39, 0.29) is 18.5 Å². The summed E-state index contributed by atoms with van der Waals surface area (Å²) in [5.41, 5.74) is 1.73. The van der Waals surface area contributed by atoms with Crippen LogP contribution in [-0.4, -0.2) is 37.5 Å². The molecule has 0 aliphatic carbocycles. The highest BCUT2D eigenvalue weighted by atomic mass is 32.2. The third-order valence-corrected chi connectivity index (χ3v) is 5.25. The van der Waals surface area contributed by atoms with Crippen LogP contribution in [0.3, 0.4) is 0 Å². The van der Waals surface area contributed by atoms with E-state index in [1.165, 1.54) is 4.31 Å². The van der Waals surface area contributed by atoms with Gasteiger partial charge in [0.15, 0.2) is 0 Å². The summed E-state index contributed by atoms with van der Waals surface area (Å²) < 4.78 is 25.2. The Morgan fingerprint density at radius 2 is 1.48 bits per heavy atom. The highest BCUT2D eigenvalue weighted by Gasteiger charge is 2.26. The molecule has 0 saturated heterocycles. The van der Waals surface area contributed by atoms with Crippen molar-refractivity contribution in [2.45, 2.75) is 26.4 Å². The van der Waals surface area contributed by atoms with Gasteiger partial charge in [0.1, 0.15) is 0 Å². The van der Waals surface area contributed by atoms with Gasteiger partial charge in [0, 0.05) is 11.7 Å². The zero-order valence-electron chi connectivity index (χ0n) is 14.8. The van der Waals surface area contributed by atoms with Gasteiger partial charge in [-0.25, -0.2) is 8.42 Å². The summed E-state index contributed by atoms with van der Waals surface area (Å²) in [6, 6.07) is 18.7. The predicted octanol–water partition coefficient (Wildman–Crippen LogP) is 2.89. The first-order chi connectivity index (χ1) is 11.8. The Morgan fingerprint density at radius 1 is 0.960 bits per heavy atom. The maximum Gasteiger partial charge on any atom is 0.242 e. The molecule has 2 rings (SSSR count). The van der Waals surface area contributed by atoms with Gasteiger partial charge in [0.05, 0.1) is 19.3 Å². The molecule has 0 spiro atoms. The molecule has 0 unspecified atom stereocenters. The SMILES string of the molecule is CC(C)N(CC(=O)N(Cc1ccccc1)c1ccccc1)S(C)(=O)=O. The van der Waals surface area contributed by atoms with Crippen LogP contribution in [0, 0.1) is 0 Å². The van der Waals surface area contributed by atoms with Gasteiger partial charge in [-0.05, 0) is 31.5 Å². The van der Waals surface area contributed by atoms with E-state index in [0.29, 0.717) is 6.54 Å². The fourth-order valence-electron chi connectivity index (χ4n) is 2.60. The molecule has 0 heterocycles. The predicted molar refractivity (Wildman–Crippen MR) is 101 cm³/mol. The van der Waals surface area contributed by atoms with Crippen molar-refractivity contribution in [2.75, 3.05) is 17.7 Å². The summed E-state index contributed by atoms with van der Waals surface area (Å²) in [6.45, 7) is 3.73. The highest BCUT2D eigenvalue weighted by molar-refractivity contribution is 7.88. The molecule has 0 aliphatic rings. The number of para-hydroxylation sites is 1. The Bertz CT molecular complexity index is 790. The summed E-state index contributed by atoms with van der Waals surface area (Å²) in [5.74, 6) is -0.255. The third-order valence-electron chi connectivity index (χ3n) is 3.85. The number of sulfonamides is 1. The van der Waals surface area contributed by atoms with E-state index in [0.717, 1.165) is 17.5 Å². The molecule has 134 valence electrons. The summed E-state index contributed by atoms with van der Waals surface area (Å²) in [7, 11) is -3.46. The first kappa shape index (κ1) is 19.1. The Hall–Kier alpha value is -2.18. The lowest BCUT2D eigenvalue weighted by atomic mass is 10.2. The maximum atomic E-state index is 12.9. The fraction of sp³-hybridized carbons (Fsp3) is 0.316. The molecule has 0 fully saturated rings. The van der Waals surface area contributed by atoms with Gasteiger partial charge in [0.2, 0.25) is 15.9 Å². The Labute approximate surface area is 149 Å². The molecule has 0 saturated carbocycles. The van der Waals surface area contributed by atoms with Gasteiger partial charge >= 0.3 is 0 Å². The lowest BCUT2D eigenvalue weighted by Gasteiger charge is -2.28. The minimum atomic E-state index is -3.46. The first-order valence-electron chi connectivity index (χ1n) is 8.15. The molecule has 0 aliphatic heterocycles. The number of rotatable bonds is 7. The van der Waals surface area contributed by atoms with Crippen LogP contribution in [0.25, 0.3) is 0 Å². The summed E-state index contributed by atoms with van der Waals surface area (Å²) in [4.78, 5) is 14.6. The van der Waals surface area contributed by atoms with Crippen molar-refractivity contribution >= 4 is 21.6 Å². The van der Waals surface area contributed by atoms with E-state index >= 15 is 0 Å². The van der Waals surface area contributed by atoms with Crippen molar-refractivity contribution in [1.82, 2.24) is 4.31 Å². The summed E-state index contributed by atoms with van der Waals surface area (Å²) in [6.07, 6.45) is 1.13. The van der Waals surface area contributed by atoms with Crippen LogP contribution in [0.2, 0.25) is 0 Å². The molecular weight excluding hydrogens is 336 g/mol. The molecule has 5 nitrogen and oxygen atoms in total. The van der Waals surface area contributed by atoms with Gasteiger partial charge in [-0.15, -0.1) is 0 Å². The Balaban J connectivity index is 2.30. The highest BCUT2D eigenvalue weighted by Crippen LogP contribution is 2.18. The van der Waals surface area contributed by atoms with E-state index in [1.807, 2.05) is 60.7 Å². The average molecular weight is 360 g/mol. The number of hydrogen-bond donors (Lipinski definition) is 0. The molecule has 6 heteroatoms. The zero-order valence-corrected chi connectivity index (χ0v) is 15.6. The second-order valence-electron chi connectivity index (χ2n) is 6.20. The van der Waals surface area contributed by atoms with Crippen LogP contribution in [0.1, 0.15) is 19.4 Å². The average Bonchev–Trinajstić information content (AvgIpc) is 2.57. The zero-order chi connectivity index (χ0) is 18.4. The number of carbonyl (C=O) groups excluding carboxylic acids is 1. The largest absolute Gasteiger partial charge is 0.307 e. The molecule has 0 aromatic heterocycles. The van der Waals surface area contributed by atoms with Crippen LogP contribution in [0.15, 0.2) is 60.7 Å². The molecule has 0 bridgehead atoms. The van der Waals surface area contributed by atoms with Crippen LogP contribution in [0.4, 0.5) is 5.69 Å². The first-order valence-corrected chi connectivity index (χ1v) is 10.00. The lowest BCUT2D eigenvalue weighted by Crippen LogP contribution is -2.45. The smallest absolute Gasteiger partial charge is 0.242 e. The van der Waals surface area contributed by atoms with Crippen molar-refractivity contribution in [3.63, 3.8) is 0 Å². The minimum Gasteiger partial charge on any atom is -0.307 e. The molecular formula is C19H24N2O3S. The Morgan fingerprint density at radius 3 is 1.96 bits per heavy atom. The molecule has 2 aromatic carbocycles. The number of anilines is 1. The van der Waals surface area contributed by atoms with Crippen molar-refractivity contribution < 1.29 is 13.2 Å². The molecule has 25 heavy (non-hydrogen) atoms. The molecule has 2 aromatic rings. The summed E-state index contributed by atoms with van der Waals surface area (Å²) in [5, 5.41) is 0. The molecule has 0 radical (unpaired) electrons. The number of hydrogen-bond acceptors (Lipinski definition) is 3. The quantitative estimate of drug-likeness (QED) is 0.763. The van der Waals surface area contributed by atoms with Crippen molar-refractivity contribution in [1.29, 1.82) is 0 Å². The molecule has 0 N–H and O–H groups in total. The topological polar surface area (TPSA) is 57.7 Å². The number of benzene rings is 2. The monoisotopic (exact) mass is 360 g/mol. The van der Waals surface area contributed by atoms with Gasteiger partial charge in [-0.1, -0.05) is 48.5 Å². The van der Waals surface area contributed by atoms with Crippen LogP contribution in [-0.2, 0) is 21.4 Å². The van der Waals surface area contributed by atoms with E-state index in [1.54, 1.807) is 18.7 Å². The van der Waals surface area contributed by atoms with Crippen molar-refractivity contribution in [3.05, 3.63) is 66.2 Å². The third kappa shape index (κ3) is 5.41. The van der Waals surface area contributed by atoms with Crippen LogP contribution in [0.5, 0.6) is 0 Å². The van der Waals surface area contributed by atoms with Gasteiger partial charge in [0.25, 0.3) is 0 Å².